The largest absolute Gasteiger partial charge is 0.487 e. The van der Waals surface area contributed by atoms with Crippen LogP contribution in [0, 0.1) is 6.92 Å². The van der Waals surface area contributed by atoms with Crippen molar-refractivity contribution in [3.05, 3.63) is 88.0 Å². The molecular formula is C30H30Cl3N5O4. The van der Waals surface area contributed by atoms with Gasteiger partial charge in [-0.3, -0.25) is 9.59 Å². The molecule has 0 atom stereocenters. The number of anilines is 3. The van der Waals surface area contributed by atoms with Crippen molar-refractivity contribution in [1.29, 1.82) is 0 Å². The lowest BCUT2D eigenvalue weighted by molar-refractivity contribution is -0.117. The van der Waals surface area contributed by atoms with Gasteiger partial charge in [0.05, 0.1) is 17.3 Å². The molecule has 0 fully saturated rings. The molecule has 0 unspecified atom stereocenters. The molecule has 3 aromatic carbocycles. The predicted molar refractivity (Wildman–Crippen MR) is 170 cm³/mol. The van der Waals surface area contributed by atoms with Crippen molar-refractivity contribution in [3.63, 3.8) is 0 Å². The third kappa shape index (κ3) is 7.61. The zero-order chi connectivity index (χ0) is 29.7. The van der Waals surface area contributed by atoms with Gasteiger partial charge in [-0.25, -0.2) is 9.78 Å². The fraction of sp³-hybridized carbons (Fsp3) is 0.200. The molecule has 0 aliphatic carbocycles. The number of amides is 4. The van der Waals surface area contributed by atoms with Crippen LogP contribution in [0.15, 0.2) is 66.7 Å². The van der Waals surface area contributed by atoms with Crippen molar-refractivity contribution in [2.45, 2.75) is 20.5 Å². The van der Waals surface area contributed by atoms with E-state index in [2.05, 4.69) is 15.6 Å². The highest BCUT2D eigenvalue weighted by molar-refractivity contribution is 6.38. The first-order valence-electron chi connectivity index (χ1n) is 12.7. The summed E-state index contributed by atoms with van der Waals surface area (Å²) in [5.74, 6) is 0.0355. The molecule has 0 radical (unpaired) electrons. The molecule has 0 spiro atoms. The van der Waals surface area contributed by atoms with Gasteiger partial charge < -0.3 is 25.2 Å². The average molecular weight is 631 g/mol. The van der Waals surface area contributed by atoms with E-state index in [0.717, 1.165) is 16.6 Å². The van der Waals surface area contributed by atoms with E-state index in [1.165, 1.54) is 16.7 Å². The molecule has 0 bridgehead atoms. The van der Waals surface area contributed by atoms with Crippen molar-refractivity contribution >= 4 is 81.4 Å². The van der Waals surface area contributed by atoms with Crippen LogP contribution in [0.3, 0.4) is 0 Å². The number of hydrogen-bond acceptors (Lipinski definition) is 5. The number of aromatic nitrogens is 1. The first kappa shape index (κ1) is 32.5. The Morgan fingerprint density at radius 2 is 1.69 bits per heavy atom. The Morgan fingerprint density at radius 1 is 0.952 bits per heavy atom. The standard InChI is InChI=1S/C30H29Cl2N5O4.ClH/c1-18-11-12-20-7-5-10-26(29(20)34-18)41-17-23-24(31)13-14-25(28(23)32)37(4)27(39)16-33-30(40)35-21-8-6-9-22(15-21)36(3)19(2)38;/h5-15H,16-17H2,1-4H3,(H2,33,35,40);1H. The fourth-order valence-electron chi connectivity index (χ4n) is 4.02. The summed E-state index contributed by atoms with van der Waals surface area (Å²) in [5.41, 5.74) is 3.60. The fourth-order valence-corrected chi connectivity index (χ4v) is 4.63. The minimum Gasteiger partial charge on any atom is -0.487 e. The Morgan fingerprint density at radius 3 is 2.43 bits per heavy atom. The number of hydrogen-bond donors (Lipinski definition) is 2. The number of rotatable bonds is 8. The van der Waals surface area contributed by atoms with Crippen LogP contribution < -0.4 is 25.2 Å². The molecule has 220 valence electrons. The van der Waals surface area contributed by atoms with E-state index in [1.807, 2.05) is 37.3 Å². The first-order chi connectivity index (χ1) is 19.5. The van der Waals surface area contributed by atoms with E-state index < -0.39 is 11.9 Å². The maximum atomic E-state index is 12.9. The Kier molecular flexibility index (Phi) is 11.0. The Labute approximate surface area is 260 Å². The minimum absolute atomic E-state index is 0. The highest BCUT2D eigenvalue weighted by atomic mass is 35.5. The smallest absolute Gasteiger partial charge is 0.319 e. The second-order valence-corrected chi connectivity index (χ2v) is 10.1. The number of fused-ring (bicyclic) bond motifs is 1. The number of nitrogens with zero attached hydrogens (tertiary/aromatic N) is 3. The van der Waals surface area contributed by atoms with Gasteiger partial charge in [-0.1, -0.05) is 47.5 Å². The molecule has 1 aromatic heterocycles. The van der Waals surface area contributed by atoms with Crippen LogP contribution in [0.4, 0.5) is 21.9 Å². The SMILES string of the molecule is CC(=O)N(C)c1cccc(NC(=O)NCC(=O)N(C)c2ccc(Cl)c(COc3cccc4ccc(C)nc34)c2Cl)c1.Cl. The summed E-state index contributed by atoms with van der Waals surface area (Å²) in [5, 5.41) is 6.79. The van der Waals surface area contributed by atoms with Crippen molar-refractivity contribution in [3.8, 4) is 5.75 Å². The molecule has 1 heterocycles. The van der Waals surface area contributed by atoms with Gasteiger partial charge in [-0.15, -0.1) is 12.4 Å². The number of nitrogens with one attached hydrogen (secondary N) is 2. The van der Waals surface area contributed by atoms with Crippen LogP contribution in [-0.4, -0.2) is 43.5 Å². The molecule has 4 amide bonds. The number of ether oxygens (including phenoxy) is 1. The molecule has 0 aliphatic rings. The molecule has 0 aliphatic heterocycles. The topological polar surface area (TPSA) is 104 Å². The zero-order valence-corrected chi connectivity index (χ0v) is 25.7. The van der Waals surface area contributed by atoms with E-state index >= 15 is 0 Å². The van der Waals surface area contributed by atoms with Gasteiger partial charge in [0.15, 0.2) is 0 Å². The number of carbonyl (C=O) groups excluding carboxylic acids is 3. The second kappa shape index (κ2) is 14.2. The van der Waals surface area contributed by atoms with E-state index in [-0.39, 0.29) is 36.5 Å². The lowest BCUT2D eigenvalue weighted by atomic mass is 10.1. The van der Waals surface area contributed by atoms with Crippen LogP contribution >= 0.6 is 35.6 Å². The third-order valence-electron chi connectivity index (χ3n) is 6.46. The van der Waals surface area contributed by atoms with E-state index in [9.17, 15) is 14.4 Å². The minimum atomic E-state index is -0.579. The molecule has 2 N–H and O–H groups in total. The van der Waals surface area contributed by atoms with Crippen molar-refractivity contribution < 1.29 is 19.1 Å². The monoisotopic (exact) mass is 629 g/mol. The molecular weight excluding hydrogens is 601 g/mol. The summed E-state index contributed by atoms with van der Waals surface area (Å²) in [6, 6.07) is 19.1. The normalized spacial score (nSPS) is 10.4. The van der Waals surface area contributed by atoms with Crippen LogP contribution in [0.2, 0.25) is 10.0 Å². The van der Waals surface area contributed by atoms with Crippen LogP contribution in [0.25, 0.3) is 10.9 Å². The van der Waals surface area contributed by atoms with E-state index in [4.69, 9.17) is 27.9 Å². The lowest BCUT2D eigenvalue weighted by Gasteiger charge is -2.21. The molecule has 0 saturated carbocycles. The predicted octanol–water partition coefficient (Wildman–Crippen LogP) is 6.62. The number of carbonyl (C=O) groups is 3. The van der Waals surface area contributed by atoms with Gasteiger partial charge in [-0.05, 0) is 49.4 Å². The summed E-state index contributed by atoms with van der Waals surface area (Å²) < 4.78 is 6.07. The Bertz CT molecular complexity index is 1630. The van der Waals surface area contributed by atoms with Gasteiger partial charge in [-0.2, -0.15) is 0 Å². The van der Waals surface area contributed by atoms with Gasteiger partial charge in [0.2, 0.25) is 11.8 Å². The van der Waals surface area contributed by atoms with Crippen molar-refractivity contribution in [1.82, 2.24) is 10.3 Å². The highest BCUT2D eigenvalue weighted by Crippen LogP contribution is 2.35. The molecule has 0 saturated heterocycles. The summed E-state index contributed by atoms with van der Waals surface area (Å²) in [4.78, 5) is 44.4. The number of likely N-dealkylation sites (N-methyl/N-ethyl adjacent to an activating group) is 1. The lowest BCUT2D eigenvalue weighted by Crippen LogP contribution is -2.40. The number of benzene rings is 3. The third-order valence-corrected chi connectivity index (χ3v) is 7.24. The summed E-state index contributed by atoms with van der Waals surface area (Å²) in [7, 11) is 3.19. The molecule has 42 heavy (non-hydrogen) atoms. The number of urea groups is 1. The number of halogens is 3. The van der Waals surface area contributed by atoms with Crippen molar-refractivity contribution in [2.75, 3.05) is 35.8 Å². The highest BCUT2D eigenvalue weighted by Gasteiger charge is 2.20. The maximum absolute atomic E-state index is 12.9. The van der Waals surface area contributed by atoms with Crippen LogP contribution in [0.5, 0.6) is 5.75 Å². The number of pyridine rings is 1. The molecule has 4 rings (SSSR count). The quantitative estimate of drug-likeness (QED) is 0.228. The van der Waals surface area contributed by atoms with Gasteiger partial charge in [0, 0.05) is 54.1 Å². The van der Waals surface area contributed by atoms with E-state index in [0.29, 0.717) is 33.4 Å². The van der Waals surface area contributed by atoms with E-state index in [1.54, 1.807) is 50.5 Å². The summed E-state index contributed by atoms with van der Waals surface area (Å²) in [6.07, 6.45) is 0. The molecule has 12 heteroatoms. The molecule has 4 aromatic rings. The zero-order valence-electron chi connectivity index (χ0n) is 23.4. The maximum Gasteiger partial charge on any atom is 0.319 e. The van der Waals surface area contributed by atoms with Gasteiger partial charge in [0.1, 0.15) is 17.9 Å². The Hall–Kier alpha value is -4.05. The second-order valence-electron chi connectivity index (χ2n) is 9.32. The molecule has 9 nitrogen and oxygen atoms in total. The average Bonchev–Trinajstić information content (AvgIpc) is 2.95. The number of aryl methyl sites for hydroxylation is 1. The van der Waals surface area contributed by atoms with Gasteiger partial charge in [0.25, 0.3) is 0 Å². The van der Waals surface area contributed by atoms with Crippen LogP contribution in [-0.2, 0) is 16.2 Å². The first-order valence-corrected chi connectivity index (χ1v) is 13.4. The van der Waals surface area contributed by atoms with Gasteiger partial charge >= 0.3 is 6.03 Å². The summed E-state index contributed by atoms with van der Waals surface area (Å²) in [6.45, 7) is 3.12. The Balaban J connectivity index is 0.00000484. The van der Waals surface area contributed by atoms with Crippen LogP contribution in [0.1, 0.15) is 18.2 Å². The summed E-state index contributed by atoms with van der Waals surface area (Å²) >= 11 is 13.1. The number of para-hydroxylation sites is 1. The van der Waals surface area contributed by atoms with Crippen molar-refractivity contribution in [2.24, 2.45) is 0 Å².